The van der Waals surface area contributed by atoms with Crippen molar-refractivity contribution in [3.8, 4) is 22.1 Å². The molecule has 4 aliphatic rings. The van der Waals surface area contributed by atoms with E-state index in [4.69, 9.17) is 4.98 Å². The summed E-state index contributed by atoms with van der Waals surface area (Å²) in [5, 5.41) is 31.2. The molecule has 5 heteroatoms. The van der Waals surface area contributed by atoms with Crippen LogP contribution in [0.4, 0.5) is 0 Å². The molecule has 0 aliphatic heterocycles. The molecule has 1 aromatic carbocycles. The first-order valence-electron chi connectivity index (χ1n) is 11.7. The molecule has 2 saturated carbocycles. The number of fused-ring (bicyclic) bond motifs is 7. The van der Waals surface area contributed by atoms with Gasteiger partial charge in [-0.05, 0) is 97.3 Å². The summed E-state index contributed by atoms with van der Waals surface area (Å²) >= 11 is 1.73. The number of benzene rings is 1. The molecule has 164 valence electrons. The van der Waals surface area contributed by atoms with Crippen molar-refractivity contribution < 1.29 is 15.3 Å². The summed E-state index contributed by atoms with van der Waals surface area (Å²) < 4.78 is 0. The summed E-state index contributed by atoms with van der Waals surface area (Å²) in [6, 6.07) is 4.98. The Hall–Kier alpha value is -1.85. The summed E-state index contributed by atoms with van der Waals surface area (Å²) in [6.45, 7) is 4.83. The molecule has 2 fully saturated rings. The Morgan fingerprint density at radius 2 is 1.87 bits per heavy atom. The molecule has 4 nitrogen and oxygen atoms in total. The van der Waals surface area contributed by atoms with Crippen LogP contribution in [0.15, 0.2) is 24.3 Å². The number of thiazole rings is 1. The Morgan fingerprint density at radius 3 is 2.68 bits per heavy atom. The molecule has 6 atom stereocenters. The Labute approximate surface area is 187 Å². The smallest absolute Gasteiger partial charge is 0.158 e. The lowest BCUT2D eigenvalue weighted by molar-refractivity contribution is -0.0579. The van der Waals surface area contributed by atoms with Crippen LogP contribution >= 0.6 is 11.3 Å². The molecular formula is C26H31NO3S. The first kappa shape index (κ1) is 19.8. The maximum Gasteiger partial charge on any atom is 0.158 e. The fraction of sp³-hybridized carbons (Fsp3) is 0.577. The zero-order valence-corrected chi connectivity index (χ0v) is 19.1. The SMILES string of the molecule is C[C@]12CCc3nc(-c4ccc(O)c(O)c4)sc3C1=CC[C@@H]1[C@@H]2CC[C@]2(C)C(O)CC[C@@H]12. The lowest BCUT2D eigenvalue weighted by atomic mass is 9.48. The first-order valence-corrected chi connectivity index (χ1v) is 12.5. The summed E-state index contributed by atoms with van der Waals surface area (Å²) in [4.78, 5) is 6.27. The van der Waals surface area contributed by atoms with Gasteiger partial charge in [0, 0.05) is 5.56 Å². The summed E-state index contributed by atoms with van der Waals surface area (Å²) in [5.74, 6) is 1.83. The Kier molecular flexibility index (Phi) is 4.21. The highest BCUT2D eigenvalue weighted by molar-refractivity contribution is 7.16. The number of allylic oxidation sites excluding steroid dienone is 2. The van der Waals surface area contributed by atoms with Gasteiger partial charge in [-0.3, -0.25) is 0 Å². The largest absolute Gasteiger partial charge is 0.504 e. The topological polar surface area (TPSA) is 73.6 Å². The molecule has 6 rings (SSSR count). The molecule has 3 N–H and O–H groups in total. The van der Waals surface area contributed by atoms with Crippen LogP contribution in [0.25, 0.3) is 16.1 Å². The second-order valence-electron chi connectivity index (χ2n) is 10.8. The van der Waals surface area contributed by atoms with E-state index in [0.29, 0.717) is 17.8 Å². The van der Waals surface area contributed by atoms with E-state index >= 15 is 0 Å². The van der Waals surface area contributed by atoms with Crippen molar-refractivity contribution >= 4 is 16.9 Å². The number of aryl methyl sites for hydroxylation is 1. The third kappa shape index (κ3) is 2.65. The van der Waals surface area contributed by atoms with E-state index in [-0.39, 0.29) is 28.4 Å². The van der Waals surface area contributed by atoms with Gasteiger partial charge in [0.15, 0.2) is 11.5 Å². The van der Waals surface area contributed by atoms with Gasteiger partial charge in [0.2, 0.25) is 0 Å². The lowest BCUT2D eigenvalue weighted by Gasteiger charge is -2.56. The second-order valence-corrected chi connectivity index (χ2v) is 11.8. The molecule has 1 heterocycles. The molecule has 1 aromatic heterocycles. The molecule has 0 bridgehead atoms. The standard InChI is InChI=1S/C26H31NO3S/c1-25-12-10-19-23(31-24(27-19)14-3-7-20(28)21(29)13-14)18(25)5-4-15-16-6-8-22(30)26(16,2)11-9-17(15)25/h3,5,7,13,15-17,22,28-30H,4,6,8-12H2,1-2H3/t15-,16-,17-,22?,25+,26-/m0/s1. The number of aromatic nitrogens is 1. The first-order chi connectivity index (χ1) is 14.8. The van der Waals surface area contributed by atoms with Gasteiger partial charge in [-0.2, -0.15) is 0 Å². The van der Waals surface area contributed by atoms with E-state index in [1.807, 2.05) is 6.07 Å². The maximum atomic E-state index is 10.7. The number of aliphatic hydroxyl groups excluding tert-OH is 1. The highest BCUT2D eigenvalue weighted by Gasteiger charge is 2.58. The van der Waals surface area contributed by atoms with Crippen molar-refractivity contribution in [3.05, 3.63) is 34.8 Å². The van der Waals surface area contributed by atoms with E-state index < -0.39 is 0 Å². The molecule has 0 spiro atoms. The number of phenols is 2. The average molecular weight is 438 g/mol. The third-order valence-electron chi connectivity index (χ3n) is 9.46. The molecular weight excluding hydrogens is 406 g/mol. The van der Waals surface area contributed by atoms with E-state index in [2.05, 4.69) is 19.9 Å². The minimum absolute atomic E-state index is 0.0972. The molecule has 2 aromatic rings. The van der Waals surface area contributed by atoms with Gasteiger partial charge in [-0.1, -0.05) is 19.9 Å². The van der Waals surface area contributed by atoms with Crippen molar-refractivity contribution in [1.29, 1.82) is 0 Å². The number of hydrogen-bond acceptors (Lipinski definition) is 5. The maximum absolute atomic E-state index is 10.7. The van der Waals surface area contributed by atoms with Crippen molar-refractivity contribution in [3.63, 3.8) is 0 Å². The van der Waals surface area contributed by atoms with Crippen LogP contribution in [-0.2, 0) is 6.42 Å². The fourth-order valence-corrected chi connectivity index (χ4v) is 8.91. The number of phenolic OH excluding ortho intramolecular Hbond substituents is 2. The van der Waals surface area contributed by atoms with E-state index in [1.54, 1.807) is 17.4 Å². The van der Waals surface area contributed by atoms with E-state index in [9.17, 15) is 15.3 Å². The van der Waals surface area contributed by atoms with Crippen LogP contribution in [-0.4, -0.2) is 26.4 Å². The van der Waals surface area contributed by atoms with Crippen LogP contribution in [0.3, 0.4) is 0 Å². The van der Waals surface area contributed by atoms with Gasteiger partial charge < -0.3 is 15.3 Å². The van der Waals surface area contributed by atoms with Crippen molar-refractivity contribution in [2.24, 2.45) is 28.6 Å². The van der Waals surface area contributed by atoms with Crippen LogP contribution in [0.2, 0.25) is 0 Å². The number of aromatic hydroxyl groups is 2. The summed E-state index contributed by atoms with van der Waals surface area (Å²) in [5.41, 5.74) is 3.84. The fourth-order valence-electron chi connectivity index (χ4n) is 7.63. The zero-order chi connectivity index (χ0) is 21.5. The third-order valence-corrected chi connectivity index (χ3v) is 10.6. The van der Waals surface area contributed by atoms with Crippen LogP contribution < -0.4 is 0 Å². The minimum atomic E-state index is -0.125. The van der Waals surface area contributed by atoms with Gasteiger partial charge in [0.25, 0.3) is 0 Å². The number of aliphatic hydroxyl groups is 1. The number of hydrogen-bond donors (Lipinski definition) is 3. The highest BCUT2D eigenvalue weighted by atomic mass is 32.1. The van der Waals surface area contributed by atoms with E-state index in [1.165, 1.54) is 35.1 Å². The van der Waals surface area contributed by atoms with Gasteiger partial charge in [-0.15, -0.1) is 11.3 Å². The van der Waals surface area contributed by atoms with E-state index in [0.717, 1.165) is 42.7 Å². The summed E-state index contributed by atoms with van der Waals surface area (Å²) in [7, 11) is 0. The van der Waals surface area contributed by atoms with Gasteiger partial charge >= 0.3 is 0 Å². The molecule has 0 amide bonds. The molecule has 4 aliphatic carbocycles. The Balaban J connectivity index is 1.38. The predicted octanol–water partition coefficient (Wildman–Crippen LogP) is 5.76. The van der Waals surface area contributed by atoms with Crippen molar-refractivity contribution in [2.75, 3.05) is 0 Å². The average Bonchev–Trinajstić information content (AvgIpc) is 3.31. The van der Waals surface area contributed by atoms with Crippen molar-refractivity contribution in [2.45, 2.75) is 64.9 Å². The van der Waals surface area contributed by atoms with Gasteiger partial charge in [-0.25, -0.2) is 4.98 Å². The molecule has 0 saturated heterocycles. The van der Waals surface area contributed by atoms with Crippen molar-refractivity contribution in [1.82, 2.24) is 4.98 Å². The quantitative estimate of drug-likeness (QED) is 0.496. The lowest BCUT2D eigenvalue weighted by Crippen LogP contribution is -2.50. The summed E-state index contributed by atoms with van der Waals surface area (Å²) in [6.07, 6.45) is 10.2. The number of rotatable bonds is 1. The second kappa shape index (κ2) is 6.58. The van der Waals surface area contributed by atoms with Gasteiger partial charge in [0.05, 0.1) is 16.7 Å². The zero-order valence-electron chi connectivity index (χ0n) is 18.3. The highest BCUT2D eigenvalue weighted by Crippen LogP contribution is 2.66. The van der Waals surface area contributed by atoms with Crippen LogP contribution in [0.1, 0.15) is 62.9 Å². The molecule has 0 radical (unpaired) electrons. The van der Waals surface area contributed by atoms with Crippen LogP contribution in [0, 0.1) is 28.6 Å². The van der Waals surface area contributed by atoms with Crippen LogP contribution in [0.5, 0.6) is 11.5 Å². The van der Waals surface area contributed by atoms with Gasteiger partial charge in [0.1, 0.15) is 5.01 Å². The Bertz CT molecular complexity index is 1090. The predicted molar refractivity (Wildman–Crippen MR) is 123 cm³/mol. The number of nitrogens with zero attached hydrogens (tertiary/aromatic N) is 1. The molecule has 31 heavy (non-hydrogen) atoms. The molecule has 1 unspecified atom stereocenters. The minimum Gasteiger partial charge on any atom is -0.504 e. The Morgan fingerprint density at radius 1 is 1.03 bits per heavy atom. The monoisotopic (exact) mass is 437 g/mol. The normalized spacial score (nSPS) is 38.6.